The van der Waals surface area contributed by atoms with E-state index in [4.69, 9.17) is 4.74 Å². The van der Waals surface area contributed by atoms with E-state index in [0.717, 1.165) is 6.07 Å². The number of rotatable bonds is 5. The molecule has 0 saturated heterocycles. The lowest BCUT2D eigenvalue weighted by atomic mass is 10.1. The predicted octanol–water partition coefficient (Wildman–Crippen LogP) is 1.52. The van der Waals surface area contributed by atoms with Gasteiger partial charge in [0.05, 0.1) is 24.9 Å². The summed E-state index contributed by atoms with van der Waals surface area (Å²) in [6.45, 7) is 2.26. The highest BCUT2D eigenvalue weighted by atomic mass is 19.1. The number of ether oxygens (including phenoxy) is 1. The summed E-state index contributed by atoms with van der Waals surface area (Å²) in [4.78, 5) is 40.5. The van der Waals surface area contributed by atoms with Crippen molar-refractivity contribution in [1.29, 1.82) is 0 Å². The van der Waals surface area contributed by atoms with Crippen LogP contribution >= 0.6 is 0 Å². The van der Waals surface area contributed by atoms with Gasteiger partial charge in [-0.05, 0) is 13.0 Å². The number of hydrogen-bond donors (Lipinski definition) is 2. The van der Waals surface area contributed by atoms with Crippen LogP contribution in [0.5, 0.6) is 5.75 Å². The van der Waals surface area contributed by atoms with Crippen LogP contribution in [0.4, 0.5) is 8.78 Å². The first-order chi connectivity index (χ1) is 14.8. The van der Waals surface area contributed by atoms with Gasteiger partial charge in [-0.3, -0.25) is 14.4 Å². The van der Waals surface area contributed by atoms with Crippen LogP contribution in [-0.2, 0) is 6.54 Å². The molecule has 10 heteroatoms. The van der Waals surface area contributed by atoms with E-state index < -0.39 is 35.0 Å². The van der Waals surface area contributed by atoms with Gasteiger partial charge in [0.2, 0.25) is 5.43 Å². The lowest BCUT2D eigenvalue weighted by molar-refractivity contribution is 0.0667. The van der Waals surface area contributed by atoms with Crippen LogP contribution in [0.15, 0.2) is 23.0 Å². The van der Waals surface area contributed by atoms with E-state index in [-0.39, 0.29) is 47.3 Å². The Morgan fingerprint density at radius 2 is 2.06 bits per heavy atom. The molecule has 164 valence electrons. The molecule has 0 spiro atoms. The summed E-state index contributed by atoms with van der Waals surface area (Å²) in [6.07, 6.45) is -0.897. The van der Waals surface area contributed by atoms with Crippen LogP contribution in [0.25, 0.3) is 0 Å². The molecular formula is C21H21F2N3O5. The van der Waals surface area contributed by atoms with Crippen molar-refractivity contribution in [3.63, 3.8) is 0 Å². The maximum Gasteiger partial charge on any atom is 0.274 e. The fourth-order valence-electron chi connectivity index (χ4n) is 4.32. The molecule has 0 bridgehead atoms. The summed E-state index contributed by atoms with van der Waals surface area (Å²) >= 11 is 0. The van der Waals surface area contributed by atoms with E-state index in [1.807, 2.05) is 0 Å². The van der Waals surface area contributed by atoms with Gasteiger partial charge in [0.1, 0.15) is 17.2 Å². The number of hydrogen-bond acceptors (Lipinski definition) is 5. The highest BCUT2D eigenvalue weighted by Gasteiger charge is 2.44. The number of methoxy groups -OCH3 is 1. The highest BCUT2D eigenvalue weighted by molar-refractivity contribution is 6.00. The first-order valence-electron chi connectivity index (χ1n) is 9.84. The molecule has 31 heavy (non-hydrogen) atoms. The SMILES string of the molecule is CCN1C[C@H]2CC(O)c3c(C(=O)NCc4ccc(F)cc4F)c(=O)c(OC)c(n32)C1=O. The quantitative estimate of drug-likeness (QED) is 0.745. The topological polar surface area (TPSA) is 101 Å². The molecule has 1 aromatic carbocycles. The smallest absolute Gasteiger partial charge is 0.274 e. The lowest BCUT2D eigenvalue weighted by Gasteiger charge is -2.34. The fraction of sp³-hybridized carbons (Fsp3) is 0.381. The van der Waals surface area contributed by atoms with E-state index in [9.17, 15) is 28.3 Å². The van der Waals surface area contributed by atoms with Crippen LogP contribution < -0.4 is 15.5 Å². The molecule has 1 aromatic heterocycles. The second kappa shape index (κ2) is 7.77. The Bertz CT molecular complexity index is 1150. The second-order valence-electron chi connectivity index (χ2n) is 7.51. The molecule has 2 aliphatic rings. The van der Waals surface area contributed by atoms with Crippen LogP contribution in [0.2, 0.25) is 0 Å². The lowest BCUT2D eigenvalue weighted by Crippen LogP contribution is -2.44. The molecule has 8 nitrogen and oxygen atoms in total. The molecule has 2 aromatic rings. The number of halogens is 2. The van der Waals surface area contributed by atoms with Gasteiger partial charge in [0.25, 0.3) is 11.8 Å². The predicted molar refractivity (Wildman–Crippen MR) is 105 cm³/mol. The Labute approximate surface area is 176 Å². The molecule has 0 saturated carbocycles. The number of amides is 2. The molecule has 2 atom stereocenters. The van der Waals surface area contributed by atoms with E-state index in [1.54, 1.807) is 11.8 Å². The molecule has 3 heterocycles. The number of aliphatic hydroxyl groups is 1. The summed E-state index contributed by atoms with van der Waals surface area (Å²) in [5.74, 6) is -3.12. The monoisotopic (exact) mass is 433 g/mol. The summed E-state index contributed by atoms with van der Waals surface area (Å²) < 4.78 is 33.7. The number of nitrogens with zero attached hydrogens (tertiary/aromatic N) is 2. The number of carbonyl (C=O) groups is 2. The van der Waals surface area contributed by atoms with E-state index in [0.29, 0.717) is 19.2 Å². The molecule has 2 N–H and O–H groups in total. The van der Waals surface area contributed by atoms with Crippen molar-refractivity contribution < 1.29 is 28.2 Å². The van der Waals surface area contributed by atoms with E-state index >= 15 is 0 Å². The maximum absolute atomic E-state index is 13.9. The van der Waals surface area contributed by atoms with Crippen LogP contribution in [-0.4, -0.2) is 46.6 Å². The number of benzene rings is 1. The number of nitrogens with one attached hydrogen (secondary N) is 1. The third-order valence-corrected chi connectivity index (χ3v) is 5.77. The zero-order valence-electron chi connectivity index (χ0n) is 16.9. The molecule has 0 aliphatic carbocycles. The number of pyridine rings is 1. The molecule has 1 unspecified atom stereocenters. The van der Waals surface area contributed by atoms with Crippen LogP contribution in [0, 0.1) is 11.6 Å². The number of likely N-dealkylation sites (N-methyl/N-ethyl adjacent to an activating group) is 1. The highest BCUT2D eigenvalue weighted by Crippen LogP contribution is 2.42. The van der Waals surface area contributed by atoms with E-state index in [1.165, 1.54) is 17.7 Å². The van der Waals surface area contributed by atoms with E-state index in [2.05, 4.69) is 5.32 Å². The second-order valence-corrected chi connectivity index (χ2v) is 7.51. The summed E-state index contributed by atoms with van der Waals surface area (Å²) in [5, 5.41) is 13.1. The zero-order chi connectivity index (χ0) is 22.4. The fourth-order valence-corrected chi connectivity index (χ4v) is 4.32. The minimum absolute atomic E-state index is 0.0123. The van der Waals surface area contributed by atoms with Crippen molar-refractivity contribution >= 4 is 11.8 Å². The Kier molecular flexibility index (Phi) is 5.26. The van der Waals surface area contributed by atoms with Gasteiger partial charge < -0.3 is 24.6 Å². The van der Waals surface area contributed by atoms with Crippen molar-refractivity contribution in [2.24, 2.45) is 0 Å². The minimum Gasteiger partial charge on any atom is -0.491 e. The van der Waals surface area contributed by atoms with Gasteiger partial charge >= 0.3 is 0 Å². The van der Waals surface area contributed by atoms with Gasteiger partial charge in [-0.1, -0.05) is 6.07 Å². The Balaban J connectivity index is 1.78. The molecule has 0 fully saturated rings. The number of aromatic nitrogens is 1. The van der Waals surface area contributed by atoms with Crippen molar-refractivity contribution in [2.75, 3.05) is 20.2 Å². The van der Waals surface area contributed by atoms with Gasteiger partial charge in [0, 0.05) is 37.7 Å². The normalized spacial score (nSPS) is 19.4. The van der Waals surface area contributed by atoms with Crippen molar-refractivity contribution in [1.82, 2.24) is 14.8 Å². The summed E-state index contributed by atoms with van der Waals surface area (Å²) in [6, 6.07) is 2.62. The third-order valence-electron chi connectivity index (χ3n) is 5.77. The van der Waals surface area contributed by atoms with Crippen LogP contribution in [0.3, 0.4) is 0 Å². The van der Waals surface area contributed by atoms with Gasteiger partial charge in [-0.25, -0.2) is 8.78 Å². The minimum atomic E-state index is -1.13. The summed E-state index contributed by atoms with van der Waals surface area (Å²) in [7, 11) is 1.23. The molecule has 2 aliphatic heterocycles. The van der Waals surface area contributed by atoms with Gasteiger partial charge in [-0.15, -0.1) is 0 Å². The Morgan fingerprint density at radius 1 is 1.32 bits per heavy atom. The molecule has 2 amide bonds. The van der Waals surface area contributed by atoms with Crippen LogP contribution in [0.1, 0.15) is 57.6 Å². The Hall–Kier alpha value is -3.27. The number of carbonyl (C=O) groups excluding carboxylic acids is 2. The Morgan fingerprint density at radius 3 is 2.71 bits per heavy atom. The average Bonchev–Trinajstić information content (AvgIpc) is 3.05. The van der Waals surface area contributed by atoms with Gasteiger partial charge in [-0.2, -0.15) is 0 Å². The summed E-state index contributed by atoms with van der Waals surface area (Å²) in [5.41, 5.74) is -1.09. The van der Waals surface area contributed by atoms with Crippen molar-refractivity contribution in [3.8, 4) is 5.75 Å². The largest absolute Gasteiger partial charge is 0.491 e. The number of aliphatic hydroxyl groups excluding tert-OH is 1. The first kappa shape index (κ1) is 21.0. The zero-order valence-corrected chi connectivity index (χ0v) is 16.9. The standard InChI is InChI=1S/C21H21F2N3O5/c1-3-25-9-12-7-14(27)16-15(18(28)19(31-2)17(21(25)30)26(12)16)20(29)24-8-10-4-5-11(22)6-13(10)23/h4-6,12,14,27H,3,7-9H2,1-2H3,(H,24,29)/t12-,14?/m1/s1. The average molecular weight is 433 g/mol. The maximum atomic E-state index is 13.9. The van der Waals surface area contributed by atoms with Gasteiger partial charge in [0.15, 0.2) is 11.4 Å². The molecule has 0 radical (unpaired) electrons. The first-order valence-corrected chi connectivity index (χ1v) is 9.84. The molecular weight excluding hydrogens is 412 g/mol. The van der Waals surface area contributed by atoms with Crippen molar-refractivity contribution in [3.05, 3.63) is 62.6 Å². The third kappa shape index (κ3) is 3.27. The molecule has 4 rings (SSSR count). The van der Waals surface area contributed by atoms with Crippen molar-refractivity contribution in [2.45, 2.75) is 32.0 Å².